The van der Waals surface area contributed by atoms with Crippen LogP contribution in [0.1, 0.15) is 6.92 Å². The minimum Gasteiger partial charge on any atom is -0.366 e. The van der Waals surface area contributed by atoms with Crippen molar-refractivity contribution in [3.63, 3.8) is 0 Å². The van der Waals surface area contributed by atoms with Crippen molar-refractivity contribution < 1.29 is 0 Å². The van der Waals surface area contributed by atoms with Gasteiger partial charge < -0.3 is 10.7 Å². The minimum absolute atomic E-state index is 0.204. The first-order valence-corrected chi connectivity index (χ1v) is 5.30. The molecule has 2 aromatic heterocycles. The Balaban J connectivity index is 1.95. The zero-order valence-corrected chi connectivity index (χ0v) is 9.54. The summed E-state index contributed by atoms with van der Waals surface area (Å²) in [6.07, 6.45) is 5.14. The third-order valence-electron chi connectivity index (χ3n) is 2.23. The SMILES string of the molecule is CC(Cn1cccn1)Nc1cc(NN)ncn1. The molecule has 0 saturated heterocycles. The van der Waals surface area contributed by atoms with Gasteiger partial charge in [0.15, 0.2) is 0 Å². The molecule has 0 aliphatic carbocycles. The molecule has 7 nitrogen and oxygen atoms in total. The van der Waals surface area contributed by atoms with Gasteiger partial charge in [-0.2, -0.15) is 5.10 Å². The van der Waals surface area contributed by atoms with E-state index in [1.165, 1.54) is 6.33 Å². The van der Waals surface area contributed by atoms with Gasteiger partial charge >= 0.3 is 0 Å². The average Bonchev–Trinajstić information content (AvgIpc) is 2.82. The molecule has 17 heavy (non-hydrogen) atoms. The van der Waals surface area contributed by atoms with Gasteiger partial charge in [-0.25, -0.2) is 15.8 Å². The highest BCUT2D eigenvalue weighted by Crippen LogP contribution is 2.08. The average molecular weight is 233 g/mol. The largest absolute Gasteiger partial charge is 0.366 e. The van der Waals surface area contributed by atoms with Crippen LogP contribution in [0.5, 0.6) is 0 Å². The minimum atomic E-state index is 0.204. The van der Waals surface area contributed by atoms with E-state index in [2.05, 4.69) is 32.7 Å². The second-order valence-corrected chi connectivity index (χ2v) is 3.71. The van der Waals surface area contributed by atoms with Gasteiger partial charge in [0.05, 0.1) is 6.54 Å². The Morgan fingerprint density at radius 3 is 2.94 bits per heavy atom. The maximum Gasteiger partial charge on any atom is 0.145 e. The molecule has 0 aliphatic heterocycles. The number of nitrogens with one attached hydrogen (secondary N) is 2. The summed E-state index contributed by atoms with van der Waals surface area (Å²) in [5.41, 5.74) is 2.48. The Morgan fingerprint density at radius 2 is 2.24 bits per heavy atom. The lowest BCUT2D eigenvalue weighted by molar-refractivity contribution is 0.559. The molecule has 7 heteroatoms. The first kappa shape index (κ1) is 11.3. The van der Waals surface area contributed by atoms with Crippen molar-refractivity contribution in [2.75, 3.05) is 10.7 Å². The summed E-state index contributed by atoms with van der Waals surface area (Å²) in [5.74, 6) is 6.58. The monoisotopic (exact) mass is 233 g/mol. The van der Waals surface area contributed by atoms with Crippen molar-refractivity contribution in [1.29, 1.82) is 0 Å². The third-order valence-corrected chi connectivity index (χ3v) is 2.23. The smallest absolute Gasteiger partial charge is 0.145 e. The molecule has 0 aromatic carbocycles. The van der Waals surface area contributed by atoms with Crippen molar-refractivity contribution in [2.45, 2.75) is 19.5 Å². The van der Waals surface area contributed by atoms with Crippen LogP contribution >= 0.6 is 0 Å². The molecule has 0 fully saturated rings. The molecule has 1 atom stereocenters. The second kappa shape index (κ2) is 5.26. The fourth-order valence-corrected chi connectivity index (χ4v) is 1.50. The van der Waals surface area contributed by atoms with Crippen molar-refractivity contribution in [2.24, 2.45) is 5.84 Å². The van der Waals surface area contributed by atoms with Crippen molar-refractivity contribution >= 4 is 11.6 Å². The highest BCUT2D eigenvalue weighted by molar-refractivity contribution is 5.45. The zero-order valence-electron chi connectivity index (χ0n) is 9.54. The summed E-state index contributed by atoms with van der Waals surface area (Å²) in [7, 11) is 0. The molecular weight excluding hydrogens is 218 g/mol. The standard InChI is InChI=1S/C10H15N7/c1-8(6-17-4-2-3-14-17)15-9-5-10(16-11)13-7-12-9/h2-5,7-8H,6,11H2,1H3,(H2,12,13,15,16). The number of anilines is 2. The molecule has 90 valence electrons. The lowest BCUT2D eigenvalue weighted by Crippen LogP contribution is -2.23. The fourth-order valence-electron chi connectivity index (χ4n) is 1.50. The molecule has 2 aromatic rings. The summed E-state index contributed by atoms with van der Waals surface area (Å²) < 4.78 is 1.86. The van der Waals surface area contributed by atoms with E-state index in [4.69, 9.17) is 5.84 Å². The maximum absolute atomic E-state index is 5.28. The molecule has 0 saturated carbocycles. The molecule has 0 bridgehead atoms. The van der Waals surface area contributed by atoms with Crippen molar-refractivity contribution in [3.8, 4) is 0 Å². The number of hydrogen-bond donors (Lipinski definition) is 3. The fraction of sp³-hybridized carbons (Fsp3) is 0.300. The Morgan fingerprint density at radius 1 is 1.41 bits per heavy atom. The molecule has 0 aliphatic rings. The molecular formula is C10H15N7. The van der Waals surface area contributed by atoms with Crippen LogP contribution in [0.3, 0.4) is 0 Å². The highest BCUT2D eigenvalue weighted by atomic mass is 15.3. The Bertz CT molecular complexity index is 453. The Kier molecular flexibility index (Phi) is 3.51. The van der Waals surface area contributed by atoms with Gasteiger partial charge in [0.1, 0.15) is 18.0 Å². The summed E-state index contributed by atoms with van der Waals surface area (Å²) in [6, 6.07) is 3.85. The maximum atomic E-state index is 5.28. The number of hydrogen-bond acceptors (Lipinski definition) is 6. The van der Waals surface area contributed by atoms with E-state index < -0.39 is 0 Å². The predicted molar refractivity (Wildman–Crippen MR) is 65.2 cm³/mol. The van der Waals surface area contributed by atoms with Gasteiger partial charge in [0, 0.05) is 24.5 Å². The van der Waals surface area contributed by atoms with Gasteiger partial charge in [-0.3, -0.25) is 4.68 Å². The first-order chi connectivity index (χ1) is 8.28. The van der Waals surface area contributed by atoms with Gasteiger partial charge in [-0.1, -0.05) is 0 Å². The van der Waals surface area contributed by atoms with Gasteiger partial charge in [0.25, 0.3) is 0 Å². The van der Waals surface area contributed by atoms with Crippen LogP contribution in [0.15, 0.2) is 30.9 Å². The number of nitrogens with two attached hydrogens (primary N) is 1. The van der Waals surface area contributed by atoms with Crippen LogP contribution in [0.4, 0.5) is 11.6 Å². The van der Waals surface area contributed by atoms with Crippen LogP contribution in [0.25, 0.3) is 0 Å². The number of nitrogens with zero attached hydrogens (tertiary/aromatic N) is 4. The van der Waals surface area contributed by atoms with Crippen LogP contribution < -0.4 is 16.6 Å². The Hall–Kier alpha value is -2.15. The summed E-state index contributed by atoms with van der Waals surface area (Å²) >= 11 is 0. The summed E-state index contributed by atoms with van der Waals surface area (Å²) in [4.78, 5) is 8.05. The third kappa shape index (κ3) is 3.15. The van der Waals surface area contributed by atoms with E-state index in [1.54, 1.807) is 12.3 Å². The van der Waals surface area contributed by atoms with Crippen LogP contribution in [-0.2, 0) is 6.54 Å². The topological polar surface area (TPSA) is 93.7 Å². The molecule has 4 N–H and O–H groups in total. The highest BCUT2D eigenvalue weighted by Gasteiger charge is 2.04. The van der Waals surface area contributed by atoms with E-state index in [0.717, 1.165) is 12.4 Å². The zero-order chi connectivity index (χ0) is 12.1. The van der Waals surface area contributed by atoms with Crippen LogP contribution in [-0.4, -0.2) is 25.8 Å². The van der Waals surface area contributed by atoms with Gasteiger partial charge in [-0.15, -0.1) is 0 Å². The summed E-state index contributed by atoms with van der Waals surface area (Å²) in [6.45, 7) is 2.82. The Labute approximate surface area is 99.0 Å². The molecule has 0 spiro atoms. The molecule has 2 rings (SSSR count). The van der Waals surface area contributed by atoms with E-state index in [9.17, 15) is 0 Å². The normalized spacial score (nSPS) is 12.1. The lowest BCUT2D eigenvalue weighted by Gasteiger charge is -2.14. The van der Waals surface area contributed by atoms with Crippen molar-refractivity contribution in [3.05, 3.63) is 30.9 Å². The van der Waals surface area contributed by atoms with Crippen molar-refractivity contribution in [1.82, 2.24) is 19.7 Å². The van der Waals surface area contributed by atoms with E-state index >= 15 is 0 Å². The number of nitrogen functional groups attached to an aromatic ring is 1. The van der Waals surface area contributed by atoms with E-state index in [1.807, 2.05) is 16.9 Å². The van der Waals surface area contributed by atoms with Crippen LogP contribution in [0, 0.1) is 0 Å². The lowest BCUT2D eigenvalue weighted by atomic mass is 10.3. The second-order valence-electron chi connectivity index (χ2n) is 3.71. The molecule has 1 unspecified atom stereocenters. The number of rotatable bonds is 5. The predicted octanol–water partition coefficient (Wildman–Crippen LogP) is 0.459. The molecule has 0 amide bonds. The quantitative estimate of drug-likeness (QED) is 0.513. The van der Waals surface area contributed by atoms with Crippen LogP contribution in [0.2, 0.25) is 0 Å². The van der Waals surface area contributed by atoms with E-state index in [0.29, 0.717) is 5.82 Å². The molecule has 0 radical (unpaired) electrons. The van der Waals surface area contributed by atoms with E-state index in [-0.39, 0.29) is 6.04 Å². The summed E-state index contributed by atoms with van der Waals surface area (Å²) in [5, 5.41) is 7.39. The molecule has 2 heterocycles. The van der Waals surface area contributed by atoms with Gasteiger partial charge in [0.2, 0.25) is 0 Å². The van der Waals surface area contributed by atoms with Gasteiger partial charge in [-0.05, 0) is 13.0 Å². The number of hydrazine groups is 1. The number of aromatic nitrogens is 4. The first-order valence-electron chi connectivity index (χ1n) is 5.30.